The molecule has 1 spiro atoms. The lowest BCUT2D eigenvalue weighted by molar-refractivity contribution is 0.00543. The fraction of sp³-hybridized carbons (Fsp3) is 0.600. The first-order chi connectivity index (χ1) is 12.8. The first kappa shape index (κ1) is 17.4. The van der Waals surface area contributed by atoms with Gasteiger partial charge in [-0.05, 0) is 48.6 Å². The van der Waals surface area contributed by atoms with Gasteiger partial charge in [-0.2, -0.15) is 4.98 Å². The molecule has 0 saturated heterocycles. The van der Waals surface area contributed by atoms with Gasteiger partial charge in [-0.3, -0.25) is 0 Å². The summed E-state index contributed by atoms with van der Waals surface area (Å²) >= 11 is 0. The Kier molecular flexibility index (Phi) is 3.63. The van der Waals surface area contributed by atoms with E-state index in [0.29, 0.717) is 17.2 Å². The number of aromatic nitrogens is 2. The molecule has 1 N–H and O–H groups in total. The standard InChI is InChI=1S/C20H25N3O3S/c1-19(2)15(16(19)23-27(24,25)14-7-4-3-5-8-14)18-21-17(22-26-18)13-11-20(12-13)9-6-10-20/h3-5,7-8,13,15-16,23H,6,9-12H2,1-2H3/t15-,16-/m1/s1. The molecule has 1 aromatic carbocycles. The van der Waals surface area contributed by atoms with Gasteiger partial charge >= 0.3 is 0 Å². The zero-order valence-electron chi connectivity index (χ0n) is 15.7. The first-order valence-electron chi connectivity index (χ1n) is 9.72. The summed E-state index contributed by atoms with van der Waals surface area (Å²) in [7, 11) is -3.56. The Bertz CT molecular complexity index is 955. The van der Waals surface area contributed by atoms with Crippen LogP contribution in [0.25, 0.3) is 0 Å². The Labute approximate surface area is 159 Å². The van der Waals surface area contributed by atoms with Crippen LogP contribution in [0.2, 0.25) is 0 Å². The summed E-state index contributed by atoms with van der Waals surface area (Å²) in [6.45, 7) is 4.07. The molecular weight excluding hydrogens is 362 g/mol. The van der Waals surface area contributed by atoms with E-state index in [4.69, 9.17) is 4.52 Å². The quantitative estimate of drug-likeness (QED) is 0.847. The predicted octanol–water partition coefficient (Wildman–Crippen LogP) is 3.59. The Morgan fingerprint density at radius 2 is 1.85 bits per heavy atom. The second-order valence-corrected chi connectivity index (χ2v) is 10.9. The van der Waals surface area contributed by atoms with Crippen LogP contribution in [0.15, 0.2) is 39.8 Å². The molecule has 7 heteroatoms. The van der Waals surface area contributed by atoms with Crippen LogP contribution in [0.4, 0.5) is 0 Å². The van der Waals surface area contributed by atoms with Crippen LogP contribution in [0, 0.1) is 10.8 Å². The molecule has 0 amide bonds. The van der Waals surface area contributed by atoms with E-state index in [9.17, 15) is 8.42 Å². The maximum Gasteiger partial charge on any atom is 0.240 e. The highest BCUT2D eigenvalue weighted by Gasteiger charge is 2.63. The number of nitrogens with zero attached hydrogens (tertiary/aromatic N) is 2. The van der Waals surface area contributed by atoms with E-state index in [1.165, 1.54) is 32.1 Å². The lowest BCUT2D eigenvalue weighted by atomic mass is 9.52. The third-order valence-electron chi connectivity index (χ3n) is 7.02. The lowest BCUT2D eigenvalue weighted by Crippen LogP contribution is -2.41. The number of hydrogen-bond donors (Lipinski definition) is 1. The highest BCUT2D eigenvalue weighted by molar-refractivity contribution is 7.89. The minimum Gasteiger partial charge on any atom is -0.339 e. The van der Waals surface area contributed by atoms with Crippen LogP contribution in [-0.4, -0.2) is 24.6 Å². The molecule has 3 saturated carbocycles. The summed E-state index contributed by atoms with van der Waals surface area (Å²) in [6.07, 6.45) is 6.37. The highest BCUT2D eigenvalue weighted by Crippen LogP contribution is 2.62. The zero-order valence-corrected chi connectivity index (χ0v) is 16.5. The zero-order chi connectivity index (χ0) is 18.9. The molecule has 3 aliphatic rings. The number of benzene rings is 1. The summed E-state index contributed by atoms with van der Waals surface area (Å²) in [4.78, 5) is 4.93. The maximum atomic E-state index is 12.6. The van der Waals surface area contributed by atoms with Crippen LogP contribution in [0.1, 0.15) is 69.5 Å². The average molecular weight is 388 g/mol. The monoisotopic (exact) mass is 387 g/mol. The van der Waals surface area contributed by atoms with Crippen molar-refractivity contribution in [3.63, 3.8) is 0 Å². The van der Waals surface area contributed by atoms with Gasteiger partial charge in [-0.15, -0.1) is 0 Å². The lowest BCUT2D eigenvalue weighted by Gasteiger charge is -2.53. The van der Waals surface area contributed by atoms with Crippen molar-refractivity contribution >= 4 is 10.0 Å². The van der Waals surface area contributed by atoms with Crippen molar-refractivity contribution in [2.75, 3.05) is 0 Å². The van der Waals surface area contributed by atoms with Gasteiger partial charge in [0.05, 0.1) is 10.8 Å². The fourth-order valence-electron chi connectivity index (χ4n) is 4.95. The summed E-state index contributed by atoms with van der Waals surface area (Å²) in [5.74, 6) is 1.68. The summed E-state index contributed by atoms with van der Waals surface area (Å²) < 4.78 is 33.7. The number of hydrogen-bond acceptors (Lipinski definition) is 5. The van der Waals surface area contributed by atoms with Crippen LogP contribution in [0.5, 0.6) is 0 Å². The van der Waals surface area contributed by atoms with E-state index in [-0.39, 0.29) is 22.3 Å². The van der Waals surface area contributed by atoms with Crippen molar-refractivity contribution in [2.24, 2.45) is 10.8 Å². The summed E-state index contributed by atoms with van der Waals surface area (Å²) in [5.41, 5.74) is 0.318. The van der Waals surface area contributed by atoms with Gasteiger partial charge in [0.1, 0.15) is 0 Å². The van der Waals surface area contributed by atoms with Crippen molar-refractivity contribution in [3.8, 4) is 0 Å². The van der Waals surface area contributed by atoms with Gasteiger partial charge in [-0.1, -0.05) is 43.6 Å². The molecule has 0 bridgehead atoms. The van der Waals surface area contributed by atoms with Crippen molar-refractivity contribution in [2.45, 2.75) is 68.7 Å². The summed E-state index contributed by atoms with van der Waals surface area (Å²) in [6, 6.07) is 8.21. The van der Waals surface area contributed by atoms with Crippen molar-refractivity contribution in [1.82, 2.24) is 14.9 Å². The molecule has 2 aromatic rings. The van der Waals surface area contributed by atoms with Crippen LogP contribution in [-0.2, 0) is 10.0 Å². The van der Waals surface area contributed by atoms with Crippen molar-refractivity contribution < 1.29 is 12.9 Å². The Hall–Kier alpha value is -1.73. The molecule has 0 aliphatic heterocycles. The molecule has 3 fully saturated rings. The topological polar surface area (TPSA) is 85.1 Å². The minimum absolute atomic E-state index is 0.0880. The molecule has 1 heterocycles. The van der Waals surface area contributed by atoms with Crippen LogP contribution < -0.4 is 4.72 Å². The molecule has 0 unspecified atom stereocenters. The van der Waals surface area contributed by atoms with Crippen LogP contribution >= 0.6 is 0 Å². The van der Waals surface area contributed by atoms with Crippen molar-refractivity contribution in [3.05, 3.63) is 42.0 Å². The SMILES string of the molecule is CC1(C)[C@H](NS(=O)(=O)c2ccccc2)[C@@H]1c1nc(C2CC3(CCC3)C2)no1. The van der Waals surface area contributed by atoms with Gasteiger partial charge in [0.25, 0.3) is 0 Å². The van der Waals surface area contributed by atoms with E-state index < -0.39 is 10.0 Å². The first-order valence-corrected chi connectivity index (χ1v) is 11.2. The number of rotatable bonds is 5. The Morgan fingerprint density at radius 1 is 1.15 bits per heavy atom. The molecule has 2 atom stereocenters. The molecular formula is C20H25N3O3S. The Morgan fingerprint density at radius 3 is 2.48 bits per heavy atom. The molecule has 27 heavy (non-hydrogen) atoms. The molecule has 5 rings (SSSR count). The Balaban J connectivity index is 1.30. The number of nitrogens with one attached hydrogen (secondary N) is 1. The third-order valence-corrected chi connectivity index (χ3v) is 8.48. The number of sulfonamides is 1. The third kappa shape index (κ3) is 2.74. The highest BCUT2D eigenvalue weighted by atomic mass is 32.2. The van der Waals surface area contributed by atoms with Crippen LogP contribution in [0.3, 0.4) is 0 Å². The van der Waals surface area contributed by atoms with Gasteiger partial charge in [0, 0.05) is 12.0 Å². The van der Waals surface area contributed by atoms with Gasteiger partial charge in [-0.25, -0.2) is 13.1 Å². The van der Waals surface area contributed by atoms with Gasteiger partial charge in [0.2, 0.25) is 15.9 Å². The van der Waals surface area contributed by atoms with E-state index in [0.717, 1.165) is 5.82 Å². The van der Waals surface area contributed by atoms with E-state index in [1.54, 1.807) is 30.3 Å². The maximum absolute atomic E-state index is 12.6. The molecule has 6 nitrogen and oxygen atoms in total. The largest absolute Gasteiger partial charge is 0.339 e. The van der Waals surface area contributed by atoms with E-state index >= 15 is 0 Å². The molecule has 144 valence electrons. The molecule has 3 aliphatic carbocycles. The fourth-order valence-corrected chi connectivity index (χ4v) is 6.37. The average Bonchev–Trinajstić information content (AvgIpc) is 2.91. The second kappa shape index (κ2) is 5.64. The molecule has 0 radical (unpaired) electrons. The normalized spacial score (nSPS) is 30.5. The van der Waals surface area contributed by atoms with Gasteiger partial charge in [0.15, 0.2) is 5.82 Å². The summed E-state index contributed by atoms with van der Waals surface area (Å²) in [5, 5.41) is 4.21. The minimum atomic E-state index is -3.56. The predicted molar refractivity (Wildman–Crippen MR) is 99.6 cm³/mol. The second-order valence-electron chi connectivity index (χ2n) is 9.16. The van der Waals surface area contributed by atoms with Gasteiger partial charge < -0.3 is 4.52 Å². The van der Waals surface area contributed by atoms with E-state index in [2.05, 4.69) is 14.9 Å². The molecule has 1 aromatic heterocycles. The smallest absolute Gasteiger partial charge is 0.240 e. The van der Waals surface area contributed by atoms with Crippen molar-refractivity contribution in [1.29, 1.82) is 0 Å². The van der Waals surface area contributed by atoms with E-state index in [1.807, 2.05) is 13.8 Å².